The van der Waals surface area contributed by atoms with Gasteiger partial charge in [-0.2, -0.15) is 5.10 Å². The fraction of sp³-hybridized carbons (Fsp3) is 0.524. The van der Waals surface area contributed by atoms with E-state index in [-0.39, 0.29) is 11.8 Å². The molecule has 27 heavy (non-hydrogen) atoms. The van der Waals surface area contributed by atoms with Crippen LogP contribution in [0.3, 0.4) is 0 Å². The summed E-state index contributed by atoms with van der Waals surface area (Å²) in [7, 11) is 0. The van der Waals surface area contributed by atoms with Crippen molar-refractivity contribution in [1.82, 2.24) is 20.0 Å². The molecule has 2 aromatic rings. The van der Waals surface area contributed by atoms with Gasteiger partial charge in [-0.15, -0.1) is 0 Å². The van der Waals surface area contributed by atoms with Crippen LogP contribution in [0, 0.1) is 0 Å². The molecule has 1 fully saturated rings. The van der Waals surface area contributed by atoms with Crippen LogP contribution in [-0.4, -0.2) is 46.3 Å². The Morgan fingerprint density at radius 1 is 1.37 bits per heavy atom. The Labute approximate surface area is 166 Å². The molecular formula is C21H29ClN4O. The van der Waals surface area contributed by atoms with Crippen molar-refractivity contribution in [1.29, 1.82) is 0 Å². The van der Waals surface area contributed by atoms with E-state index in [4.69, 9.17) is 11.6 Å². The molecule has 0 radical (unpaired) electrons. The second kappa shape index (κ2) is 8.89. The number of aromatic nitrogens is 2. The van der Waals surface area contributed by atoms with Gasteiger partial charge in [0.2, 0.25) is 0 Å². The fourth-order valence-corrected chi connectivity index (χ4v) is 3.98. The molecule has 6 heteroatoms. The molecule has 1 aliphatic rings. The van der Waals surface area contributed by atoms with Crippen LogP contribution in [0.1, 0.15) is 62.0 Å². The summed E-state index contributed by atoms with van der Waals surface area (Å²) in [6.45, 7) is 9.09. The zero-order valence-electron chi connectivity index (χ0n) is 16.4. The SMILES string of the molecule is CC(C)c1c(C(=O)NCCN2CCCCC2C)cnn1-c1cccc(Cl)c1. The zero-order valence-corrected chi connectivity index (χ0v) is 17.2. The topological polar surface area (TPSA) is 50.2 Å². The van der Waals surface area contributed by atoms with Gasteiger partial charge in [0, 0.05) is 24.2 Å². The molecule has 1 unspecified atom stereocenters. The number of nitrogens with one attached hydrogen (secondary N) is 1. The molecular weight excluding hydrogens is 360 g/mol. The van der Waals surface area contributed by atoms with Crippen molar-refractivity contribution < 1.29 is 4.79 Å². The Kier molecular flexibility index (Phi) is 6.55. The van der Waals surface area contributed by atoms with Crippen molar-refractivity contribution in [3.05, 3.63) is 46.7 Å². The van der Waals surface area contributed by atoms with Gasteiger partial charge in [0.25, 0.3) is 5.91 Å². The van der Waals surface area contributed by atoms with Gasteiger partial charge in [-0.05, 0) is 50.4 Å². The molecule has 0 saturated carbocycles. The quantitative estimate of drug-likeness (QED) is 0.804. The molecule has 0 spiro atoms. The lowest BCUT2D eigenvalue weighted by Crippen LogP contribution is -2.42. The van der Waals surface area contributed by atoms with Crippen molar-refractivity contribution in [2.24, 2.45) is 0 Å². The standard InChI is InChI=1S/C21H29ClN4O/c1-15(2)20-19(14-24-26(20)18-9-6-8-17(22)13-18)21(27)23-10-12-25-11-5-4-7-16(25)3/h6,8-9,13-16H,4-5,7,10-12H2,1-3H3,(H,23,27). The smallest absolute Gasteiger partial charge is 0.254 e. The van der Waals surface area contributed by atoms with Crippen LogP contribution in [0.15, 0.2) is 30.5 Å². The normalized spacial score (nSPS) is 18.0. The van der Waals surface area contributed by atoms with Gasteiger partial charge in [0.15, 0.2) is 0 Å². The summed E-state index contributed by atoms with van der Waals surface area (Å²) in [6.07, 6.45) is 5.47. The second-order valence-electron chi connectivity index (χ2n) is 7.63. The molecule has 1 aromatic carbocycles. The third-order valence-electron chi connectivity index (χ3n) is 5.28. The first-order valence-electron chi connectivity index (χ1n) is 9.83. The number of amides is 1. The van der Waals surface area contributed by atoms with Gasteiger partial charge in [0.1, 0.15) is 0 Å². The lowest BCUT2D eigenvalue weighted by atomic mass is 10.0. The highest BCUT2D eigenvalue weighted by Gasteiger charge is 2.22. The van der Waals surface area contributed by atoms with Crippen LogP contribution >= 0.6 is 11.6 Å². The van der Waals surface area contributed by atoms with E-state index in [0.717, 1.165) is 24.5 Å². The first kappa shape index (κ1) is 19.9. The number of likely N-dealkylation sites (tertiary alicyclic amines) is 1. The number of hydrogen-bond donors (Lipinski definition) is 1. The zero-order chi connectivity index (χ0) is 19.4. The Hall–Kier alpha value is -1.85. The Morgan fingerprint density at radius 3 is 2.89 bits per heavy atom. The fourth-order valence-electron chi connectivity index (χ4n) is 3.80. The Bertz CT molecular complexity index is 786. The first-order valence-corrected chi connectivity index (χ1v) is 10.2. The highest BCUT2D eigenvalue weighted by atomic mass is 35.5. The molecule has 1 N–H and O–H groups in total. The minimum absolute atomic E-state index is 0.0587. The van der Waals surface area contributed by atoms with Crippen LogP contribution in [0.4, 0.5) is 0 Å². The minimum atomic E-state index is -0.0587. The maximum Gasteiger partial charge on any atom is 0.254 e. The molecule has 1 aromatic heterocycles. The van der Waals surface area contributed by atoms with E-state index in [1.165, 1.54) is 19.3 Å². The summed E-state index contributed by atoms with van der Waals surface area (Å²) in [6, 6.07) is 8.14. The predicted molar refractivity (Wildman–Crippen MR) is 110 cm³/mol. The molecule has 5 nitrogen and oxygen atoms in total. The van der Waals surface area contributed by atoms with Crippen LogP contribution in [0.25, 0.3) is 5.69 Å². The van der Waals surface area contributed by atoms with Gasteiger partial charge >= 0.3 is 0 Å². The van der Waals surface area contributed by atoms with Gasteiger partial charge in [-0.1, -0.05) is 37.9 Å². The largest absolute Gasteiger partial charge is 0.351 e. The van der Waals surface area contributed by atoms with Crippen molar-refractivity contribution in [2.75, 3.05) is 19.6 Å². The predicted octanol–water partition coefficient (Wildman–Crippen LogP) is 4.25. The van der Waals surface area contributed by atoms with Gasteiger partial charge in [-0.3, -0.25) is 9.69 Å². The molecule has 1 atom stereocenters. The third-order valence-corrected chi connectivity index (χ3v) is 5.51. The number of nitrogens with zero attached hydrogens (tertiary/aromatic N) is 3. The molecule has 1 aliphatic heterocycles. The van der Waals surface area contributed by atoms with Crippen molar-refractivity contribution >= 4 is 17.5 Å². The minimum Gasteiger partial charge on any atom is -0.351 e. The molecule has 0 bridgehead atoms. The van der Waals surface area contributed by atoms with E-state index in [2.05, 4.69) is 36.1 Å². The van der Waals surface area contributed by atoms with E-state index in [1.807, 2.05) is 28.9 Å². The van der Waals surface area contributed by atoms with Gasteiger partial charge in [-0.25, -0.2) is 4.68 Å². The molecule has 0 aliphatic carbocycles. The Morgan fingerprint density at radius 2 is 2.19 bits per heavy atom. The van der Waals surface area contributed by atoms with E-state index >= 15 is 0 Å². The molecule has 3 rings (SSSR count). The third kappa shape index (κ3) is 4.71. The number of halogens is 1. The average molecular weight is 389 g/mol. The molecule has 2 heterocycles. The summed E-state index contributed by atoms with van der Waals surface area (Å²) in [5.74, 6) is 0.103. The maximum atomic E-state index is 12.8. The van der Waals surface area contributed by atoms with Crippen LogP contribution < -0.4 is 5.32 Å². The van der Waals surface area contributed by atoms with Crippen LogP contribution in [-0.2, 0) is 0 Å². The highest BCUT2D eigenvalue weighted by Crippen LogP contribution is 2.24. The van der Waals surface area contributed by atoms with E-state index in [9.17, 15) is 4.79 Å². The van der Waals surface area contributed by atoms with Gasteiger partial charge < -0.3 is 5.32 Å². The average Bonchev–Trinajstić information content (AvgIpc) is 3.09. The number of carbonyl (C=O) groups is 1. The second-order valence-corrected chi connectivity index (χ2v) is 8.06. The summed E-state index contributed by atoms with van der Waals surface area (Å²) in [5.41, 5.74) is 2.41. The van der Waals surface area contributed by atoms with E-state index in [0.29, 0.717) is 23.2 Å². The van der Waals surface area contributed by atoms with Gasteiger partial charge in [0.05, 0.1) is 23.1 Å². The number of benzene rings is 1. The van der Waals surface area contributed by atoms with Crippen molar-refractivity contribution in [3.63, 3.8) is 0 Å². The lowest BCUT2D eigenvalue weighted by molar-refractivity contribution is 0.0937. The number of piperidine rings is 1. The van der Waals surface area contributed by atoms with Crippen LogP contribution in [0.2, 0.25) is 5.02 Å². The first-order chi connectivity index (χ1) is 13.0. The molecule has 1 amide bonds. The van der Waals surface area contributed by atoms with E-state index in [1.54, 1.807) is 6.20 Å². The number of hydrogen-bond acceptors (Lipinski definition) is 3. The Balaban J connectivity index is 1.71. The molecule has 146 valence electrons. The van der Waals surface area contributed by atoms with Crippen molar-refractivity contribution in [2.45, 2.75) is 52.0 Å². The number of carbonyl (C=O) groups excluding carboxylic acids is 1. The highest BCUT2D eigenvalue weighted by molar-refractivity contribution is 6.30. The summed E-state index contributed by atoms with van der Waals surface area (Å²) in [5, 5.41) is 8.20. The number of rotatable bonds is 6. The lowest BCUT2D eigenvalue weighted by Gasteiger charge is -2.33. The summed E-state index contributed by atoms with van der Waals surface area (Å²) in [4.78, 5) is 15.3. The maximum absolute atomic E-state index is 12.8. The van der Waals surface area contributed by atoms with Crippen LogP contribution in [0.5, 0.6) is 0 Å². The van der Waals surface area contributed by atoms with E-state index < -0.39 is 0 Å². The molecule has 1 saturated heterocycles. The summed E-state index contributed by atoms with van der Waals surface area (Å²) < 4.78 is 1.82. The summed E-state index contributed by atoms with van der Waals surface area (Å²) >= 11 is 6.13. The monoisotopic (exact) mass is 388 g/mol. The van der Waals surface area contributed by atoms with Crippen molar-refractivity contribution in [3.8, 4) is 5.69 Å².